The number of rotatable bonds is 15. The lowest BCUT2D eigenvalue weighted by molar-refractivity contribution is -0.162. The second-order valence-electron chi connectivity index (χ2n) is 16.9. The largest absolute Gasteiger partial charge is 0.496 e. The van der Waals surface area contributed by atoms with Crippen molar-refractivity contribution in [1.82, 2.24) is 34.3 Å². The molecule has 0 saturated carbocycles. The second-order valence-corrected chi connectivity index (χ2v) is 16.9. The van der Waals surface area contributed by atoms with E-state index in [1.54, 1.807) is 139 Å². The van der Waals surface area contributed by atoms with Gasteiger partial charge in [0.2, 0.25) is 0 Å². The number of ether oxygens (including phenoxy) is 5. The number of hydrogen-bond donors (Lipinski definition) is 0. The number of carbonyl (C=O) groups excluding carboxylic acids is 4. The normalized spacial score (nSPS) is 12.5. The molecule has 3 aromatic heterocycles. The predicted molar refractivity (Wildman–Crippen MR) is 199 cm³/mol. The molecule has 0 N–H and O–H groups in total. The quantitative estimate of drug-likeness (QED) is 0.158. The van der Waals surface area contributed by atoms with Crippen LogP contribution in [0.4, 0.5) is 0 Å². The van der Waals surface area contributed by atoms with Crippen LogP contribution in [0.25, 0.3) is 11.6 Å². The van der Waals surface area contributed by atoms with Crippen molar-refractivity contribution in [3.05, 3.63) is 48.0 Å². The molecule has 54 heavy (non-hydrogen) atoms. The van der Waals surface area contributed by atoms with E-state index in [1.165, 1.54) is 7.11 Å². The Morgan fingerprint density at radius 3 is 1.11 bits per heavy atom. The molecule has 0 spiro atoms. The van der Waals surface area contributed by atoms with Crippen LogP contribution in [-0.2, 0) is 51.2 Å². The molecule has 0 amide bonds. The highest BCUT2D eigenvalue weighted by Crippen LogP contribution is 2.21. The Morgan fingerprint density at radius 2 is 0.852 bits per heavy atom. The van der Waals surface area contributed by atoms with Crippen molar-refractivity contribution in [3.63, 3.8) is 0 Å². The molecule has 3 heterocycles. The molecule has 0 bridgehead atoms. The molecule has 0 fully saturated rings. The molecule has 0 unspecified atom stereocenters. The van der Waals surface area contributed by atoms with E-state index in [-0.39, 0.29) is 39.3 Å². The number of pyridine rings is 1. The summed E-state index contributed by atoms with van der Waals surface area (Å²) in [5, 5.41) is 9.35. The summed E-state index contributed by atoms with van der Waals surface area (Å²) in [6.45, 7) is 21.0. The van der Waals surface area contributed by atoms with Gasteiger partial charge in [-0.05, 0) is 95.2 Å². The van der Waals surface area contributed by atoms with Gasteiger partial charge in [0.15, 0.2) is 11.6 Å². The van der Waals surface area contributed by atoms with Gasteiger partial charge in [-0.15, -0.1) is 0 Å². The molecule has 3 aromatic rings. The van der Waals surface area contributed by atoms with Gasteiger partial charge in [-0.25, -0.2) is 14.3 Å². The zero-order chi connectivity index (χ0) is 40.6. The minimum absolute atomic E-state index is 0.147. The van der Waals surface area contributed by atoms with Crippen LogP contribution in [-0.4, -0.2) is 114 Å². The zero-order valence-corrected chi connectivity index (χ0v) is 34.0. The van der Waals surface area contributed by atoms with Crippen LogP contribution in [0.3, 0.4) is 0 Å². The van der Waals surface area contributed by atoms with Gasteiger partial charge in [0.25, 0.3) is 0 Å². The highest BCUT2D eigenvalue weighted by molar-refractivity contribution is 5.76. The van der Waals surface area contributed by atoms with Crippen molar-refractivity contribution < 1.29 is 42.9 Å². The van der Waals surface area contributed by atoms with Crippen LogP contribution in [0.15, 0.2) is 36.7 Å². The molecule has 298 valence electrons. The third-order valence-corrected chi connectivity index (χ3v) is 6.63. The van der Waals surface area contributed by atoms with Crippen molar-refractivity contribution in [1.29, 1.82) is 0 Å². The maximum Gasteiger partial charge on any atom is 0.320 e. The summed E-state index contributed by atoms with van der Waals surface area (Å²) >= 11 is 0. The molecule has 0 radical (unpaired) electrons. The number of hydrogen-bond acceptors (Lipinski definition) is 14. The smallest absolute Gasteiger partial charge is 0.320 e. The van der Waals surface area contributed by atoms with Crippen molar-refractivity contribution >= 4 is 23.9 Å². The molecule has 16 heteroatoms. The van der Waals surface area contributed by atoms with Crippen LogP contribution < -0.4 is 4.74 Å². The Balaban J connectivity index is 1.85. The number of methoxy groups -OCH3 is 1. The molecule has 3 rings (SSSR count). The van der Waals surface area contributed by atoms with Crippen LogP contribution in [0.1, 0.15) is 94.5 Å². The SMILES string of the molecule is COc1cc(-n2ccc(CN(CC(=O)OC(C)(C)C)CC(=O)OC(C)(C)C)n2)nc(-n2ccc(CN(CC(=O)OC(C)(C)C)CC(=O)OC(C)(C)C)n2)c1. The van der Waals surface area contributed by atoms with Gasteiger partial charge < -0.3 is 23.7 Å². The Labute approximate surface area is 318 Å². The average molecular weight is 756 g/mol. The van der Waals surface area contributed by atoms with Crippen LogP contribution in [0.2, 0.25) is 0 Å². The standard InChI is InChI=1S/C38H57N7O9/c1-35(2,3)51-31(46)22-42(23-32(47)52-36(4,5)6)20-26-14-16-44(40-26)29-18-28(50-13)19-30(39-29)45-17-15-27(41-45)21-43(24-33(48)53-37(7,8)9)25-34(49)54-38(10,11)12/h14-19H,20-25H2,1-13H3. The minimum atomic E-state index is -0.694. The van der Waals surface area contributed by atoms with Gasteiger partial charge in [0.1, 0.15) is 28.2 Å². The van der Waals surface area contributed by atoms with Crippen molar-refractivity contribution in [2.45, 2.75) is 119 Å². The molecule has 0 aromatic carbocycles. The fourth-order valence-corrected chi connectivity index (χ4v) is 5.00. The third-order valence-electron chi connectivity index (χ3n) is 6.63. The molecule has 0 aliphatic rings. The monoisotopic (exact) mass is 755 g/mol. The lowest BCUT2D eigenvalue weighted by Crippen LogP contribution is -2.39. The molecular weight excluding hydrogens is 698 g/mol. The van der Waals surface area contributed by atoms with Crippen molar-refractivity contribution in [2.24, 2.45) is 0 Å². The average Bonchev–Trinajstić information content (AvgIpc) is 3.62. The van der Waals surface area contributed by atoms with Gasteiger partial charge in [-0.1, -0.05) is 0 Å². The van der Waals surface area contributed by atoms with E-state index in [0.717, 1.165) is 0 Å². The lowest BCUT2D eigenvalue weighted by atomic mass is 10.2. The molecule has 0 atom stereocenters. The maximum absolute atomic E-state index is 12.7. The lowest BCUT2D eigenvalue weighted by Gasteiger charge is -2.26. The Bertz CT molecular complexity index is 1570. The first-order chi connectivity index (χ1) is 24.8. The summed E-state index contributed by atoms with van der Waals surface area (Å²) in [6.07, 6.45) is 3.42. The first-order valence-electron chi connectivity index (χ1n) is 17.7. The molecular formula is C38H57N7O9. The van der Waals surface area contributed by atoms with E-state index in [0.29, 0.717) is 28.8 Å². The number of aromatic nitrogens is 5. The second kappa shape index (κ2) is 17.5. The zero-order valence-electron chi connectivity index (χ0n) is 34.0. The minimum Gasteiger partial charge on any atom is -0.496 e. The number of nitrogens with zero attached hydrogens (tertiary/aromatic N) is 7. The van der Waals surface area contributed by atoms with E-state index in [2.05, 4.69) is 10.2 Å². The third kappa shape index (κ3) is 16.0. The number of esters is 4. The Hall–Kier alpha value is -4.83. The van der Waals surface area contributed by atoms with Gasteiger partial charge in [-0.3, -0.25) is 29.0 Å². The highest BCUT2D eigenvalue weighted by Gasteiger charge is 2.26. The highest BCUT2D eigenvalue weighted by atomic mass is 16.6. The first kappa shape index (κ1) is 43.6. The summed E-state index contributed by atoms with van der Waals surface area (Å²) < 4.78 is 30.7. The summed E-state index contributed by atoms with van der Waals surface area (Å²) in [7, 11) is 1.53. The summed E-state index contributed by atoms with van der Waals surface area (Å²) in [6, 6.07) is 6.92. The summed E-state index contributed by atoms with van der Waals surface area (Å²) in [4.78, 5) is 58.9. The van der Waals surface area contributed by atoms with Crippen LogP contribution in [0.5, 0.6) is 5.75 Å². The molecule has 0 aliphatic heterocycles. The van der Waals surface area contributed by atoms with Crippen molar-refractivity contribution in [2.75, 3.05) is 33.3 Å². The Kier molecular flexibility index (Phi) is 14.2. The fourth-order valence-electron chi connectivity index (χ4n) is 5.00. The van der Waals surface area contributed by atoms with E-state index in [9.17, 15) is 19.2 Å². The maximum atomic E-state index is 12.7. The van der Waals surface area contributed by atoms with Crippen molar-refractivity contribution in [3.8, 4) is 17.4 Å². The molecule has 0 saturated heterocycles. The topological polar surface area (TPSA) is 169 Å². The predicted octanol–water partition coefficient (Wildman–Crippen LogP) is 4.43. The van der Waals surface area contributed by atoms with E-state index in [4.69, 9.17) is 28.7 Å². The Morgan fingerprint density at radius 1 is 0.556 bits per heavy atom. The number of carbonyl (C=O) groups is 4. The summed E-state index contributed by atoms with van der Waals surface area (Å²) in [5.74, 6) is -0.633. The van der Waals surface area contributed by atoms with Gasteiger partial charge in [0.05, 0.1) is 44.7 Å². The molecule has 0 aliphatic carbocycles. The van der Waals surface area contributed by atoms with Gasteiger partial charge in [-0.2, -0.15) is 10.2 Å². The van der Waals surface area contributed by atoms with Gasteiger partial charge >= 0.3 is 23.9 Å². The van der Waals surface area contributed by atoms with E-state index < -0.39 is 46.3 Å². The van der Waals surface area contributed by atoms with Gasteiger partial charge in [0, 0.05) is 37.6 Å². The van der Waals surface area contributed by atoms with E-state index >= 15 is 0 Å². The van der Waals surface area contributed by atoms with Crippen LogP contribution >= 0.6 is 0 Å². The van der Waals surface area contributed by atoms with Crippen LogP contribution in [0, 0.1) is 0 Å². The molecule has 16 nitrogen and oxygen atoms in total. The first-order valence-corrected chi connectivity index (χ1v) is 17.7. The summed E-state index contributed by atoms with van der Waals surface area (Å²) in [5.41, 5.74) is -1.65. The van der Waals surface area contributed by atoms with E-state index in [1.807, 2.05) is 0 Å². The fraction of sp³-hybridized carbons (Fsp3) is 0.605.